The van der Waals surface area contributed by atoms with Gasteiger partial charge in [-0.1, -0.05) is 11.3 Å². The van der Waals surface area contributed by atoms with E-state index in [1.807, 2.05) is 0 Å². The number of nitrogens with zero attached hydrogens (tertiary/aromatic N) is 2. The number of fused-ring (bicyclic) bond motifs is 1. The quantitative estimate of drug-likeness (QED) is 0.709. The van der Waals surface area contributed by atoms with Gasteiger partial charge in [0.2, 0.25) is 0 Å². The maximum atomic E-state index is 11.7. The van der Waals surface area contributed by atoms with Crippen molar-refractivity contribution >= 4 is 39.0 Å². The predicted octanol–water partition coefficient (Wildman–Crippen LogP) is 2.30. The molecule has 0 aliphatic heterocycles. The maximum Gasteiger partial charge on any atom is 0.362 e. The Morgan fingerprint density at radius 3 is 3.06 bits per heavy atom. The first-order valence-electron chi connectivity index (χ1n) is 4.37. The molecule has 7 heteroatoms. The molecule has 0 radical (unpaired) electrons. The van der Waals surface area contributed by atoms with Gasteiger partial charge in [-0.25, -0.2) is 14.8 Å². The number of nitrogens with one attached hydrogen (secondary N) is 1. The largest absolute Gasteiger partial charge is 0.393 e. The van der Waals surface area contributed by atoms with Gasteiger partial charge in [-0.05, 0) is 6.07 Å². The maximum absolute atomic E-state index is 11.7. The Hall–Kier alpha value is -1.73. The van der Waals surface area contributed by atoms with Gasteiger partial charge in [0.15, 0.2) is 0 Å². The van der Waals surface area contributed by atoms with Gasteiger partial charge in [0.05, 0.1) is 10.2 Å². The molecule has 0 aliphatic rings. The van der Waals surface area contributed by atoms with Gasteiger partial charge in [-0.2, -0.15) is 0 Å². The van der Waals surface area contributed by atoms with Crippen LogP contribution in [-0.2, 0) is 0 Å². The SMILES string of the molecule is O=C(Oc1nccs1)c1cc2scnc2[nH]1. The molecule has 3 aromatic rings. The van der Waals surface area contributed by atoms with Gasteiger partial charge in [0, 0.05) is 11.6 Å². The van der Waals surface area contributed by atoms with Gasteiger partial charge in [-0.3, -0.25) is 0 Å². The summed E-state index contributed by atoms with van der Waals surface area (Å²) in [6, 6.07) is 1.73. The molecule has 0 fully saturated rings. The fourth-order valence-corrected chi connectivity index (χ4v) is 2.41. The van der Waals surface area contributed by atoms with E-state index >= 15 is 0 Å². The van der Waals surface area contributed by atoms with Crippen molar-refractivity contribution in [3.63, 3.8) is 0 Å². The number of aromatic amines is 1. The van der Waals surface area contributed by atoms with Crippen LogP contribution in [0.25, 0.3) is 10.3 Å². The van der Waals surface area contributed by atoms with E-state index in [-0.39, 0.29) is 0 Å². The standard InChI is InChI=1S/C9H5N3O2S2/c13-8(14-9-10-1-2-15-9)5-3-6-7(12-5)11-4-16-6/h1-4,12H. The Morgan fingerprint density at radius 1 is 1.38 bits per heavy atom. The average Bonchev–Trinajstić information content (AvgIpc) is 2.91. The molecule has 3 rings (SSSR count). The van der Waals surface area contributed by atoms with Crippen molar-refractivity contribution in [1.82, 2.24) is 15.0 Å². The predicted molar refractivity (Wildman–Crippen MR) is 61.0 cm³/mol. The Kier molecular flexibility index (Phi) is 2.19. The summed E-state index contributed by atoms with van der Waals surface area (Å²) in [6.45, 7) is 0. The first-order valence-corrected chi connectivity index (χ1v) is 6.13. The van der Waals surface area contributed by atoms with Crippen LogP contribution < -0.4 is 4.74 Å². The molecule has 0 aromatic carbocycles. The summed E-state index contributed by atoms with van der Waals surface area (Å²) >= 11 is 2.74. The van der Waals surface area contributed by atoms with Crippen molar-refractivity contribution in [2.75, 3.05) is 0 Å². The third kappa shape index (κ3) is 1.59. The van der Waals surface area contributed by atoms with E-state index < -0.39 is 5.97 Å². The van der Waals surface area contributed by atoms with E-state index in [9.17, 15) is 4.79 Å². The van der Waals surface area contributed by atoms with Crippen LogP contribution in [0, 0.1) is 0 Å². The number of hydrogen-bond donors (Lipinski definition) is 1. The molecule has 3 aromatic heterocycles. The second-order valence-corrected chi connectivity index (χ2v) is 4.68. The minimum absolute atomic E-state index is 0.343. The van der Waals surface area contributed by atoms with Crippen molar-refractivity contribution in [1.29, 1.82) is 0 Å². The molecule has 80 valence electrons. The zero-order valence-electron chi connectivity index (χ0n) is 7.84. The minimum Gasteiger partial charge on any atom is -0.393 e. The number of esters is 1. The smallest absolute Gasteiger partial charge is 0.362 e. The average molecular weight is 251 g/mol. The van der Waals surface area contributed by atoms with Gasteiger partial charge >= 0.3 is 5.97 Å². The van der Waals surface area contributed by atoms with E-state index in [0.29, 0.717) is 16.5 Å². The van der Waals surface area contributed by atoms with Gasteiger partial charge in [-0.15, -0.1) is 11.3 Å². The van der Waals surface area contributed by atoms with Crippen LogP contribution in [0.2, 0.25) is 0 Å². The summed E-state index contributed by atoms with van der Waals surface area (Å²) in [5.74, 6) is -0.444. The second-order valence-electron chi connectivity index (χ2n) is 2.94. The van der Waals surface area contributed by atoms with Crippen molar-refractivity contribution in [3.05, 3.63) is 28.8 Å². The Bertz CT molecular complexity index is 598. The molecule has 0 bridgehead atoms. The summed E-state index contributed by atoms with van der Waals surface area (Å²) in [7, 11) is 0. The summed E-state index contributed by atoms with van der Waals surface area (Å²) in [5, 5.41) is 2.09. The van der Waals surface area contributed by atoms with Gasteiger partial charge in [0.25, 0.3) is 5.19 Å². The van der Waals surface area contributed by atoms with Crippen molar-refractivity contribution in [2.45, 2.75) is 0 Å². The first kappa shape index (κ1) is 9.49. The molecule has 16 heavy (non-hydrogen) atoms. The number of carbonyl (C=O) groups excluding carboxylic acids is 1. The highest BCUT2D eigenvalue weighted by Gasteiger charge is 2.14. The summed E-state index contributed by atoms with van der Waals surface area (Å²) in [5.41, 5.74) is 2.82. The second kappa shape index (κ2) is 3.69. The van der Waals surface area contributed by atoms with E-state index in [0.717, 1.165) is 4.70 Å². The van der Waals surface area contributed by atoms with Crippen LogP contribution in [0.15, 0.2) is 23.2 Å². The van der Waals surface area contributed by atoms with Gasteiger partial charge in [0.1, 0.15) is 11.3 Å². The Balaban J connectivity index is 1.87. The van der Waals surface area contributed by atoms with E-state index in [2.05, 4.69) is 15.0 Å². The molecule has 0 unspecified atom stereocenters. The van der Waals surface area contributed by atoms with Gasteiger partial charge < -0.3 is 9.72 Å². The lowest BCUT2D eigenvalue weighted by atomic mass is 10.4. The first-order chi connectivity index (χ1) is 7.83. The fraction of sp³-hybridized carbons (Fsp3) is 0. The van der Waals surface area contributed by atoms with Crippen LogP contribution in [0.4, 0.5) is 0 Å². The lowest BCUT2D eigenvalue weighted by Crippen LogP contribution is -2.08. The zero-order valence-corrected chi connectivity index (χ0v) is 9.47. The van der Waals surface area contributed by atoms with E-state index in [4.69, 9.17) is 4.74 Å². The molecule has 5 nitrogen and oxygen atoms in total. The molecular weight excluding hydrogens is 246 g/mol. The molecule has 0 spiro atoms. The number of H-pyrrole nitrogens is 1. The minimum atomic E-state index is -0.444. The molecule has 1 N–H and O–H groups in total. The zero-order chi connectivity index (χ0) is 11.0. The molecule has 0 aliphatic carbocycles. The van der Waals surface area contributed by atoms with Crippen LogP contribution in [-0.4, -0.2) is 20.9 Å². The van der Waals surface area contributed by atoms with Crippen LogP contribution in [0.3, 0.4) is 0 Å². The third-order valence-corrected chi connectivity index (χ3v) is 3.36. The molecule has 0 saturated carbocycles. The summed E-state index contributed by atoms with van der Waals surface area (Å²) in [4.78, 5) is 22.5. The number of aromatic nitrogens is 3. The number of thiazole rings is 2. The van der Waals surface area contributed by atoms with E-state index in [1.165, 1.54) is 22.7 Å². The van der Waals surface area contributed by atoms with Crippen molar-refractivity contribution in [2.24, 2.45) is 0 Å². The van der Waals surface area contributed by atoms with Crippen molar-refractivity contribution in [3.8, 4) is 5.19 Å². The fourth-order valence-electron chi connectivity index (χ4n) is 1.25. The highest BCUT2D eigenvalue weighted by molar-refractivity contribution is 7.16. The molecular formula is C9H5N3O2S2. The number of hydrogen-bond acceptors (Lipinski definition) is 6. The van der Waals surface area contributed by atoms with Crippen molar-refractivity contribution < 1.29 is 9.53 Å². The number of rotatable bonds is 2. The van der Waals surface area contributed by atoms with Crippen LogP contribution in [0.5, 0.6) is 5.19 Å². The third-order valence-electron chi connectivity index (χ3n) is 1.93. The van der Waals surface area contributed by atoms with Crippen LogP contribution >= 0.6 is 22.7 Å². The number of ether oxygens (including phenoxy) is 1. The number of carbonyl (C=O) groups is 1. The normalized spacial score (nSPS) is 10.8. The molecule has 0 amide bonds. The highest BCUT2D eigenvalue weighted by Crippen LogP contribution is 2.20. The lowest BCUT2D eigenvalue weighted by Gasteiger charge is -1.96. The summed E-state index contributed by atoms with van der Waals surface area (Å²) in [6.07, 6.45) is 1.59. The molecule has 0 atom stereocenters. The van der Waals surface area contributed by atoms with Crippen LogP contribution in [0.1, 0.15) is 10.5 Å². The topological polar surface area (TPSA) is 67.9 Å². The molecule has 0 saturated heterocycles. The Labute approximate surface area is 97.7 Å². The lowest BCUT2D eigenvalue weighted by molar-refractivity contribution is 0.0729. The summed E-state index contributed by atoms with van der Waals surface area (Å²) < 4.78 is 5.99. The highest BCUT2D eigenvalue weighted by atomic mass is 32.1. The Morgan fingerprint density at radius 2 is 2.31 bits per heavy atom. The molecule has 3 heterocycles. The monoisotopic (exact) mass is 251 g/mol. The van der Waals surface area contributed by atoms with E-state index in [1.54, 1.807) is 23.2 Å².